The number of pyridine rings is 2. The molecule has 5 nitrogen and oxygen atoms in total. The summed E-state index contributed by atoms with van der Waals surface area (Å²) in [6.07, 6.45) is 5.68. The van der Waals surface area contributed by atoms with Crippen LogP contribution < -0.4 is 5.56 Å². The van der Waals surface area contributed by atoms with Gasteiger partial charge in [-0.15, -0.1) is 0 Å². The zero-order chi connectivity index (χ0) is 14.8. The number of hydrogen-bond acceptors (Lipinski definition) is 4. The normalized spacial score (nSPS) is 12.5. The van der Waals surface area contributed by atoms with E-state index in [4.69, 9.17) is 0 Å². The number of rotatable bonds is 3. The molecule has 3 aromatic heterocycles. The zero-order valence-electron chi connectivity index (χ0n) is 12.0. The summed E-state index contributed by atoms with van der Waals surface area (Å²) in [6, 6.07) is 7.44. The van der Waals surface area contributed by atoms with Crippen LogP contribution in [-0.4, -0.2) is 19.5 Å². The summed E-state index contributed by atoms with van der Waals surface area (Å²) in [5, 5.41) is 0.546. The third-order valence-corrected chi connectivity index (χ3v) is 3.64. The second-order valence-corrected chi connectivity index (χ2v) is 5.15. The Balaban J connectivity index is 1.99. The van der Waals surface area contributed by atoms with Crippen molar-refractivity contribution in [3.05, 3.63) is 64.6 Å². The van der Waals surface area contributed by atoms with Gasteiger partial charge in [-0.25, -0.2) is 9.97 Å². The summed E-state index contributed by atoms with van der Waals surface area (Å²) in [7, 11) is 0. The molecule has 1 atom stereocenters. The summed E-state index contributed by atoms with van der Waals surface area (Å²) in [6.45, 7) is 4.03. The fraction of sp³-hybridized carbons (Fsp3) is 0.250. The van der Waals surface area contributed by atoms with E-state index in [1.165, 1.54) is 0 Å². The van der Waals surface area contributed by atoms with Gasteiger partial charge >= 0.3 is 0 Å². The molecule has 0 saturated carbocycles. The van der Waals surface area contributed by atoms with Crippen LogP contribution in [0.15, 0.2) is 47.8 Å². The highest BCUT2D eigenvalue weighted by molar-refractivity contribution is 5.72. The molecule has 0 saturated heterocycles. The first-order valence-electron chi connectivity index (χ1n) is 6.89. The highest BCUT2D eigenvalue weighted by Gasteiger charge is 2.12. The highest BCUT2D eigenvalue weighted by Crippen LogP contribution is 2.14. The van der Waals surface area contributed by atoms with Crippen molar-refractivity contribution < 1.29 is 0 Å². The van der Waals surface area contributed by atoms with Gasteiger partial charge in [-0.2, -0.15) is 0 Å². The van der Waals surface area contributed by atoms with Crippen molar-refractivity contribution in [3.8, 4) is 0 Å². The monoisotopic (exact) mass is 280 g/mol. The van der Waals surface area contributed by atoms with Crippen LogP contribution in [0.25, 0.3) is 11.0 Å². The molecule has 0 spiro atoms. The number of aromatic nitrogens is 4. The number of aryl methyl sites for hydroxylation is 1. The van der Waals surface area contributed by atoms with Crippen LogP contribution >= 0.6 is 0 Å². The average Bonchev–Trinajstić information content (AvgIpc) is 2.50. The van der Waals surface area contributed by atoms with Crippen molar-refractivity contribution in [1.82, 2.24) is 19.5 Å². The molecule has 0 fully saturated rings. The molecule has 3 aromatic rings. The van der Waals surface area contributed by atoms with E-state index in [2.05, 4.69) is 15.0 Å². The van der Waals surface area contributed by atoms with Crippen molar-refractivity contribution in [2.24, 2.45) is 0 Å². The van der Waals surface area contributed by atoms with E-state index in [0.717, 1.165) is 11.3 Å². The van der Waals surface area contributed by atoms with Crippen LogP contribution in [0.2, 0.25) is 0 Å². The van der Waals surface area contributed by atoms with Gasteiger partial charge in [0, 0.05) is 30.6 Å². The first kappa shape index (κ1) is 13.4. The molecule has 0 unspecified atom stereocenters. The molecule has 0 bridgehead atoms. The van der Waals surface area contributed by atoms with Crippen LogP contribution in [0.4, 0.5) is 0 Å². The van der Waals surface area contributed by atoms with Gasteiger partial charge in [0.25, 0.3) is 5.56 Å². The van der Waals surface area contributed by atoms with Crippen molar-refractivity contribution in [1.29, 1.82) is 0 Å². The molecule has 0 N–H and O–H groups in total. The van der Waals surface area contributed by atoms with Gasteiger partial charge in [0.2, 0.25) is 0 Å². The third kappa shape index (κ3) is 2.54. The molecule has 0 aromatic carbocycles. The quantitative estimate of drug-likeness (QED) is 0.738. The lowest BCUT2D eigenvalue weighted by atomic mass is 10.1. The van der Waals surface area contributed by atoms with Crippen LogP contribution in [0.3, 0.4) is 0 Å². The van der Waals surface area contributed by atoms with Crippen molar-refractivity contribution in [2.75, 3.05) is 0 Å². The lowest BCUT2D eigenvalue weighted by Gasteiger charge is -2.15. The smallest absolute Gasteiger partial charge is 0.263 e. The average molecular weight is 280 g/mol. The second-order valence-electron chi connectivity index (χ2n) is 5.15. The van der Waals surface area contributed by atoms with Crippen LogP contribution in [0.5, 0.6) is 0 Å². The first-order valence-corrected chi connectivity index (χ1v) is 6.89. The minimum absolute atomic E-state index is 0.0109. The van der Waals surface area contributed by atoms with E-state index in [0.29, 0.717) is 17.5 Å². The molecule has 0 amide bonds. The molecule has 3 heterocycles. The Morgan fingerprint density at radius 2 is 1.90 bits per heavy atom. The number of nitrogens with zero attached hydrogens (tertiary/aromatic N) is 4. The Morgan fingerprint density at radius 1 is 1.14 bits per heavy atom. The Morgan fingerprint density at radius 3 is 2.71 bits per heavy atom. The van der Waals surface area contributed by atoms with Crippen LogP contribution in [0.1, 0.15) is 24.2 Å². The largest absolute Gasteiger partial charge is 0.295 e. The highest BCUT2D eigenvalue weighted by atomic mass is 16.1. The van der Waals surface area contributed by atoms with Gasteiger partial charge in [0.1, 0.15) is 6.33 Å². The van der Waals surface area contributed by atoms with E-state index in [-0.39, 0.29) is 11.6 Å². The van der Waals surface area contributed by atoms with Gasteiger partial charge in [0.15, 0.2) is 5.65 Å². The van der Waals surface area contributed by atoms with E-state index in [1.54, 1.807) is 35.4 Å². The second kappa shape index (κ2) is 5.44. The predicted octanol–water partition coefficient (Wildman–Crippen LogP) is 2.30. The van der Waals surface area contributed by atoms with Crippen molar-refractivity contribution in [2.45, 2.75) is 26.3 Å². The maximum absolute atomic E-state index is 12.5. The fourth-order valence-corrected chi connectivity index (χ4v) is 2.40. The number of hydrogen-bond donors (Lipinski definition) is 0. The van der Waals surface area contributed by atoms with Gasteiger partial charge in [-0.3, -0.25) is 14.3 Å². The molecule has 0 radical (unpaired) electrons. The minimum atomic E-state index is -0.0609. The van der Waals surface area contributed by atoms with Crippen LogP contribution in [-0.2, 0) is 6.42 Å². The fourth-order valence-electron chi connectivity index (χ4n) is 2.40. The van der Waals surface area contributed by atoms with E-state index >= 15 is 0 Å². The molecular weight excluding hydrogens is 264 g/mol. The van der Waals surface area contributed by atoms with E-state index in [1.807, 2.05) is 26.0 Å². The van der Waals surface area contributed by atoms with E-state index in [9.17, 15) is 4.79 Å². The van der Waals surface area contributed by atoms with E-state index < -0.39 is 0 Å². The Labute approximate surface area is 122 Å². The summed E-state index contributed by atoms with van der Waals surface area (Å²) < 4.78 is 1.65. The number of fused-ring (bicyclic) bond motifs is 1. The van der Waals surface area contributed by atoms with Gasteiger partial charge in [-0.05, 0) is 37.6 Å². The summed E-state index contributed by atoms with van der Waals surface area (Å²) in [5.41, 5.74) is 2.56. The Bertz CT molecular complexity index is 841. The van der Waals surface area contributed by atoms with Gasteiger partial charge < -0.3 is 0 Å². The molecule has 5 heteroatoms. The first-order chi connectivity index (χ1) is 10.2. The molecule has 3 rings (SSSR count). The van der Waals surface area contributed by atoms with Crippen LogP contribution in [0, 0.1) is 6.92 Å². The Hall–Kier alpha value is -2.56. The predicted molar refractivity (Wildman–Crippen MR) is 81.2 cm³/mol. The summed E-state index contributed by atoms with van der Waals surface area (Å²) in [4.78, 5) is 25.3. The lowest BCUT2D eigenvalue weighted by molar-refractivity contribution is 0.516. The summed E-state index contributed by atoms with van der Waals surface area (Å²) >= 11 is 0. The van der Waals surface area contributed by atoms with Crippen molar-refractivity contribution >= 4 is 11.0 Å². The molecule has 0 aliphatic carbocycles. The molecular formula is C16H16N4O. The minimum Gasteiger partial charge on any atom is -0.295 e. The molecule has 106 valence electrons. The zero-order valence-corrected chi connectivity index (χ0v) is 12.0. The molecule has 0 aliphatic heterocycles. The maximum atomic E-state index is 12.5. The topological polar surface area (TPSA) is 60.7 Å². The Kier molecular flexibility index (Phi) is 3.48. The lowest BCUT2D eigenvalue weighted by Crippen LogP contribution is -2.25. The molecule has 0 aliphatic rings. The van der Waals surface area contributed by atoms with Gasteiger partial charge in [-0.1, -0.05) is 6.07 Å². The third-order valence-electron chi connectivity index (χ3n) is 3.64. The van der Waals surface area contributed by atoms with Crippen molar-refractivity contribution in [3.63, 3.8) is 0 Å². The summed E-state index contributed by atoms with van der Waals surface area (Å²) in [5.74, 6) is 0. The standard InChI is InChI=1S/C16H16N4O/c1-11-5-3-7-17-14(11)9-12(2)20-10-19-15-13(16(20)21)6-4-8-18-15/h3-8,10,12H,9H2,1-2H3/t12-/m1/s1. The SMILES string of the molecule is Cc1cccnc1C[C@@H](C)n1cnc2ncccc2c1=O. The molecule has 21 heavy (non-hydrogen) atoms. The van der Waals surface area contributed by atoms with Gasteiger partial charge in [0.05, 0.1) is 5.39 Å². The maximum Gasteiger partial charge on any atom is 0.263 e.